The zero-order valence-electron chi connectivity index (χ0n) is 13.6. The number of carbonyl (C=O) groups is 1. The minimum Gasteiger partial charge on any atom is -0.396 e. The van der Waals surface area contributed by atoms with Crippen molar-refractivity contribution in [2.45, 2.75) is 39.2 Å². The molecule has 2 aromatic rings. The fourth-order valence-corrected chi connectivity index (χ4v) is 2.57. The lowest BCUT2D eigenvalue weighted by atomic mass is 10.0. The van der Waals surface area contributed by atoms with Gasteiger partial charge in [-0.1, -0.05) is 25.4 Å². The van der Waals surface area contributed by atoms with E-state index in [0.29, 0.717) is 17.0 Å². The van der Waals surface area contributed by atoms with Crippen LogP contribution in [0, 0.1) is 0 Å². The van der Waals surface area contributed by atoms with Crippen LogP contribution in [0.2, 0.25) is 5.02 Å². The molecule has 1 unspecified atom stereocenters. The van der Waals surface area contributed by atoms with Gasteiger partial charge in [0.1, 0.15) is 0 Å². The van der Waals surface area contributed by atoms with Crippen molar-refractivity contribution in [1.29, 1.82) is 0 Å². The minimum absolute atomic E-state index is 0.0442. The van der Waals surface area contributed by atoms with Crippen molar-refractivity contribution < 1.29 is 9.90 Å². The predicted molar refractivity (Wildman–Crippen MR) is 91.3 cm³/mol. The van der Waals surface area contributed by atoms with Crippen LogP contribution in [0.1, 0.15) is 49.2 Å². The molecule has 6 heteroatoms. The van der Waals surface area contributed by atoms with Crippen molar-refractivity contribution in [2.75, 3.05) is 6.61 Å². The second-order valence-electron chi connectivity index (χ2n) is 5.87. The molecule has 0 aliphatic heterocycles. The molecule has 1 aromatic heterocycles. The number of halogens is 1. The smallest absolute Gasteiger partial charge is 0.254 e. The molecule has 124 valence electrons. The van der Waals surface area contributed by atoms with Crippen LogP contribution in [0.5, 0.6) is 0 Å². The van der Waals surface area contributed by atoms with E-state index in [0.717, 1.165) is 11.4 Å². The summed E-state index contributed by atoms with van der Waals surface area (Å²) in [6, 6.07) is 7.25. The van der Waals surface area contributed by atoms with Crippen molar-refractivity contribution in [3.8, 4) is 5.69 Å². The summed E-state index contributed by atoms with van der Waals surface area (Å²) in [6.07, 6.45) is 2.11. The number of rotatable bonds is 6. The number of hydrogen-bond acceptors (Lipinski definition) is 3. The highest BCUT2D eigenvalue weighted by Gasteiger charge is 2.21. The summed E-state index contributed by atoms with van der Waals surface area (Å²) in [4.78, 5) is 12.5. The van der Waals surface area contributed by atoms with Gasteiger partial charge in [0.15, 0.2) is 0 Å². The van der Waals surface area contributed by atoms with Crippen LogP contribution >= 0.6 is 11.6 Å². The maximum Gasteiger partial charge on any atom is 0.254 e. The van der Waals surface area contributed by atoms with Crippen molar-refractivity contribution >= 4 is 17.5 Å². The van der Waals surface area contributed by atoms with Crippen LogP contribution in [0.3, 0.4) is 0 Å². The molecule has 5 nitrogen and oxygen atoms in total. The number of aromatic nitrogens is 2. The molecule has 1 aromatic carbocycles. The second kappa shape index (κ2) is 7.62. The van der Waals surface area contributed by atoms with Gasteiger partial charge >= 0.3 is 0 Å². The number of carbonyl (C=O) groups excluding carboxylic acids is 1. The number of nitrogens with one attached hydrogen (secondary N) is 1. The third kappa shape index (κ3) is 4.12. The summed E-state index contributed by atoms with van der Waals surface area (Å²) in [7, 11) is 0. The third-order valence-corrected chi connectivity index (χ3v) is 3.86. The van der Waals surface area contributed by atoms with Gasteiger partial charge in [0.05, 0.1) is 23.1 Å². The molecule has 0 spiro atoms. The molecule has 0 bridgehead atoms. The molecule has 0 saturated carbocycles. The van der Waals surface area contributed by atoms with E-state index in [1.54, 1.807) is 23.0 Å². The van der Waals surface area contributed by atoms with Crippen molar-refractivity contribution in [3.05, 3.63) is 46.7 Å². The molecule has 2 rings (SSSR count). The highest BCUT2D eigenvalue weighted by Crippen LogP contribution is 2.24. The van der Waals surface area contributed by atoms with Gasteiger partial charge in [-0.15, -0.1) is 0 Å². The van der Waals surface area contributed by atoms with Crippen LogP contribution < -0.4 is 5.32 Å². The molecule has 0 radical (unpaired) electrons. The fourth-order valence-electron chi connectivity index (χ4n) is 2.44. The van der Waals surface area contributed by atoms with Crippen LogP contribution in [0.4, 0.5) is 0 Å². The topological polar surface area (TPSA) is 67.2 Å². The largest absolute Gasteiger partial charge is 0.396 e. The molecule has 1 amide bonds. The number of benzene rings is 1. The molecule has 0 aliphatic rings. The lowest BCUT2D eigenvalue weighted by Gasteiger charge is -2.15. The summed E-state index contributed by atoms with van der Waals surface area (Å²) in [5, 5.41) is 16.9. The first-order valence-electron chi connectivity index (χ1n) is 7.69. The Morgan fingerprint density at radius 1 is 1.30 bits per heavy atom. The number of aliphatic hydroxyl groups is 1. The average molecular weight is 336 g/mol. The normalized spacial score (nSPS) is 12.4. The summed E-state index contributed by atoms with van der Waals surface area (Å²) >= 11 is 5.93. The molecule has 0 aliphatic carbocycles. The summed E-state index contributed by atoms with van der Waals surface area (Å²) < 4.78 is 1.77. The standard InChI is InChI=1S/C17H22ClN3O2/c1-11(2)16-15(17(23)20-12(3)8-9-22)10-19-21(16)14-6-4-13(18)5-7-14/h4-7,10-12,22H,8-9H2,1-3H3,(H,20,23). The molecule has 23 heavy (non-hydrogen) atoms. The lowest BCUT2D eigenvalue weighted by Crippen LogP contribution is -2.33. The van der Waals surface area contributed by atoms with E-state index < -0.39 is 0 Å². The number of amides is 1. The average Bonchev–Trinajstić information content (AvgIpc) is 2.93. The van der Waals surface area contributed by atoms with Gasteiger partial charge < -0.3 is 10.4 Å². The first-order chi connectivity index (χ1) is 10.9. The van der Waals surface area contributed by atoms with Crippen LogP contribution in [-0.2, 0) is 0 Å². The summed E-state index contributed by atoms with van der Waals surface area (Å²) in [5.74, 6) is -0.0445. The molecule has 1 heterocycles. The Kier molecular flexibility index (Phi) is 5.80. The molecule has 2 N–H and O–H groups in total. The highest BCUT2D eigenvalue weighted by atomic mass is 35.5. The second-order valence-corrected chi connectivity index (χ2v) is 6.31. The van der Waals surface area contributed by atoms with Gasteiger partial charge in [0.2, 0.25) is 0 Å². The van der Waals surface area contributed by atoms with E-state index in [9.17, 15) is 4.79 Å². The molecular formula is C17H22ClN3O2. The lowest BCUT2D eigenvalue weighted by molar-refractivity contribution is 0.0933. The fraction of sp³-hybridized carbons (Fsp3) is 0.412. The first-order valence-corrected chi connectivity index (χ1v) is 8.07. The number of aliphatic hydroxyl groups excluding tert-OH is 1. The zero-order chi connectivity index (χ0) is 17.0. The minimum atomic E-state index is -0.171. The van der Waals surface area contributed by atoms with Gasteiger partial charge in [-0.3, -0.25) is 4.79 Å². The summed E-state index contributed by atoms with van der Waals surface area (Å²) in [6.45, 7) is 5.96. The maximum absolute atomic E-state index is 12.5. The number of hydrogen-bond donors (Lipinski definition) is 2. The van der Waals surface area contributed by atoms with E-state index in [-0.39, 0.29) is 24.5 Å². The highest BCUT2D eigenvalue weighted by molar-refractivity contribution is 6.30. The Morgan fingerprint density at radius 2 is 1.96 bits per heavy atom. The van der Waals surface area contributed by atoms with E-state index >= 15 is 0 Å². The van der Waals surface area contributed by atoms with E-state index in [2.05, 4.69) is 10.4 Å². The van der Waals surface area contributed by atoms with Gasteiger partial charge in [-0.05, 0) is 43.5 Å². The van der Waals surface area contributed by atoms with Gasteiger partial charge in [0.25, 0.3) is 5.91 Å². The maximum atomic E-state index is 12.5. The van der Waals surface area contributed by atoms with Gasteiger partial charge in [0, 0.05) is 17.7 Å². The van der Waals surface area contributed by atoms with Gasteiger partial charge in [-0.2, -0.15) is 5.10 Å². The van der Waals surface area contributed by atoms with E-state index in [1.807, 2.05) is 32.9 Å². The van der Waals surface area contributed by atoms with E-state index in [1.165, 1.54) is 0 Å². The Labute approximate surface area is 141 Å². The van der Waals surface area contributed by atoms with Crippen LogP contribution in [-0.4, -0.2) is 33.4 Å². The van der Waals surface area contributed by atoms with Crippen molar-refractivity contribution in [3.63, 3.8) is 0 Å². The quantitative estimate of drug-likeness (QED) is 0.852. The van der Waals surface area contributed by atoms with Crippen LogP contribution in [0.25, 0.3) is 5.69 Å². The molecule has 1 atom stereocenters. The first kappa shape index (κ1) is 17.5. The van der Waals surface area contributed by atoms with Gasteiger partial charge in [-0.25, -0.2) is 4.68 Å². The Bertz CT molecular complexity index is 665. The third-order valence-electron chi connectivity index (χ3n) is 3.61. The summed E-state index contributed by atoms with van der Waals surface area (Å²) in [5.41, 5.74) is 2.27. The zero-order valence-corrected chi connectivity index (χ0v) is 14.3. The Balaban J connectivity index is 2.35. The van der Waals surface area contributed by atoms with Crippen molar-refractivity contribution in [2.24, 2.45) is 0 Å². The molecular weight excluding hydrogens is 314 g/mol. The number of nitrogens with zero attached hydrogens (tertiary/aromatic N) is 2. The molecule has 0 saturated heterocycles. The van der Waals surface area contributed by atoms with E-state index in [4.69, 9.17) is 16.7 Å². The SMILES string of the molecule is CC(CCO)NC(=O)c1cnn(-c2ccc(Cl)cc2)c1C(C)C. The predicted octanol–water partition coefficient (Wildman–Crippen LogP) is 3.15. The Morgan fingerprint density at radius 3 is 2.52 bits per heavy atom. The molecule has 0 fully saturated rings. The monoisotopic (exact) mass is 335 g/mol. The van der Waals surface area contributed by atoms with Crippen LogP contribution in [0.15, 0.2) is 30.5 Å². The van der Waals surface area contributed by atoms with Crippen molar-refractivity contribution in [1.82, 2.24) is 15.1 Å². The Hall–Kier alpha value is -1.85.